The van der Waals surface area contributed by atoms with Gasteiger partial charge in [0.25, 0.3) is 0 Å². The molecule has 0 unspecified atom stereocenters. The minimum atomic E-state index is -0.701. The molecular formula is C39H44N6O4. The number of imidazole rings is 1. The van der Waals surface area contributed by atoms with Gasteiger partial charge in [-0.1, -0.05) is 62.4 Å². The van der Waals surface area contributed by atoms with E-state index in [2.05, 4.69) is 81.3 Å². The summed E-state index contributed by atoms with van der Waals surface area (Å²) >= 11 is 0. The normalized spacial score (nSPS) is 21.2. The van der Waals surface area contributed by atoms with Crippen molar-refractivity contribution in [2.75, 3.05) is 27.3 Å². The molecule has 0 bridgehead atoms. The molecule has 4 aromatic rings. The number of aliphatic imine (C=N–C) groups is 1. The highest BCUT2D eigenvalue weighted by Crippen LogP contribution is 2.34. The number of rotatable bonds is 9. The van der Waals surface area contributed by atoms with E-state index in [1.807, 2.05) is 31.1 Å². The Bertz CT molecular complexity index is 1910. The van der Waals surface area contributed by atoms with Crippen LogP contribution in [0.3, 0.4) is 0 Å². The molecule has 3 aromatic carbocycles. The fourth-order valence-corrected chi connectivity index (χ4v) is 7.28. The highest BCUT2D eigenvalue weighted by atomic mass is 16.5. The summed E-state index contributed by atoms with van der Waals surface area (Å²) in [6.45, 7) is 5.32. The van der Waals surface area contributed by atoms with Gasteiger partial charge in [0.2, 0.25) is 5.91 Å². The predicted molar refractivity (Wildman–Crippen MR) is 192 cm³/mol. The van der Waals surface area contributed by atoms with Crippen LogP contribution in [0.2, 0.25) is 0 Å². The number of allylic oxidation sites excluding steroid dienone is 1. The molecular weight excluding hydrogens is 616 g/mol. The third-order valence-corrected chi connectivity index (χ3v) is 10.1. The zero-order chi connectivity index (χ0) is 34.1. The van der Waals surface area contributed by atoms with E-state index in [1.54, 1.807) is 7.11 Å². The number of aromatic amines is 1. The molecule has 0 aliphatic carbocycles. The Morgan fingerprint density at radius 1 is 0.959 bits per heavy atom. The molecule has 0 saturated carbocycles. The second-order valence-corrected chi connectivity index (χ2v) is 13.6. The average molecular weight is 661 g/mol. The summed E-state index contributed by atoms with van der Waals surface area (Å²) in [5, 5.41) is 8.60. The number of carbonyl (C=O) groups is 2. The van der Waals surface area contributed by atoms with Crippen LogP contribution in [0, 0.1) is 5.92 Å². The Balaban J connectivity index is 1.02. The molecule has 4 atom stereocenters. The summed E-state index contributed by atoms with van der Waals surface area (Å²) in [4.78, 5) is 40.5. The standard InChI is InChI=1S/C39H44N6O4/c1-23(2)36(44-39(47)49-4)38(46)45-22-31(48-3)19-35(45)33-18-30(20-41-33)25-9-7-24(8-10-25)26-11-12-28-17-29(14-13-27(28)16-26)34-21-42-37(43-34)32-6-5-15-40-32/h7-14,16-17,20-21,23,31-32,35-36,40H,5-6,15,18-19,22H2,1-4H3,(H,42,43)(H,44,47)/t31-,32-,35-,36-/m0/s1. The lowest BCUT2D eigenvalue weighted by molar-refractivity contribution is -0.134. The third-order valence-electron chi connectivity index (χ3n) is 10.1. The van der Waals surface area contributed by atoms with Gasteiger partial charge in [-0.05, 0) is 70.5 Å². The largest absolute Gasteiger partial charge is 0.453 e. The highest BCUT2D eigenvalue weighted by Gasteiger charge is 2.42. The number of hydrogen-bond acceptors (Lipinski definition) is 7. The topological polar surface area (TPSA) is 121 Å². The van der Waals surface area contributed by atoms with E-state index < -0.39 is 12.1 Å². The number of carbonyl (C=O) groups excluding carboxylic acids is 2. The van der Waals surface area contributed by atoms with E-state index in [-0.39, 0.29) is 24.0 Å². The van der Waals surface area contributed by atoms with Gasteiger partial charge in [0.05, 0.1) is 37.2 Å². The van der Waals surface area contributed by atoms with Gasteiger partial charge in [0, 0.05) is 44.0 Å². The van der Waals surface area contributed by atoms with Crippen LogP contribution < -0.4 is 10.6 Å². The molecule has 0 spiro atoms. The maximum Gasteiger partial charge on any atom is 0.407 e. The zero-order valence-electron chi connectivity index (χ0n) is 28.5. The Labute approximate surface area is 287 Å². The van der Waals surface area contributed by atoms with Crippen molar-refractivity contribution in [3.8, 4) is 22.4 Å². The molecule has 10 heteroatoms. The number of H-pyrrole nitrogens is 1. The molecule has 7 rings (SSSR count). The van der Waals surface area contributed by atoms with Crippen molar-refractivity contribution in [1.82, 2.24) is 25.5 Å². The SMILES string of the molecule is COC(=O)N[C@H](C(=O)N1C[C@@H](OC)C[C@H]1C1=NC=C(c2ccc(-c3ccc4cc(-c5cnc([C@@H]6CCCN6)[nH]5)ccc4c3)cc2)C1)C(C)C. The molecule has 2 saturated heterocycles. The fraction of sp³-hybridized carbons (Fsp3) is 0.385. The number of benzene rings is 3. The second-order valence-electron chi connectivity index (χ2n) is 13.6. The Morgan fingerprint density at radius 2 is 1.67 bits per heavy atom. The van der Waals surface area contributed by atoms with Crippen molar-refractivity contribution >= 4 is 34.1 Å². The molecule has 3 aliphatic heterocycles. The maximum absolute atomic E-state index is 13.7. The number of amides is 2. The van der Waals surface area contributed by atoms with E-state index in [0.717, 1.165) is 58.0 Å². The fourth-order valence-electron chi connectivity index (χ4n) is 7.28. The summed E-state index contributed by atoms with van der Waals surface area (Å²) in [7, 11) is 2.97. The molecule has 2 fully saturated rings. The summed E-state index contributed by atoms with van der Waals surface area (Å²) in [5.74, 6) is 0.758. The van der Waals surface area contributed by atoms with E-state index in [9.17, 15) is 9.59 Å². The summed E-state index contributed by atoms with van der Waals surface area (Å²) in [6.07, 6.45) is 6.75. The molecule has 1 aromatic heterocycles. The van der Waals surface area contributed by atoms with E-state index in [4.69, 9.17) is 14.5 Å². The van der Waals surface area contributed by atoms with Crippen LogP contribution in [0.4, 0.5) is 4.79 Å². The molecule has 3 N–H and O–H groups in total. The van der Waals surface area contributed by atoms with Crippen molar-refractivity contribution in [3.63, 3.8) is 0 Å². The lowest BCUT2D eigenvalue weighted by Crippen LogP contribution is -2.53. The zero-order valence-corrected chi connectivity index (χ0v) is 28.5. The van der Waals surface area contributed by atoms with Crippen molar-refractivity contribution < 1.29 is 19.1 Å². The number of nitrogens with zero attached hydrogens (tertiary/aromatic N) is 3. The van der Waals surface area contributed by atoms with Gasteiger partial charge in [-0.25, -0.2) is 9.78 Å². The molecule has 10 nitrogen and oxygen atoms in total. The maximum atomic E-state index is 13.7. The van der Waals surface area contributed by atoms with Gasteiger partial charge in [-0.2, -0.15) is 0 Å². The summed E-state index contributed by atoms with van der Waals surface area (Å²) < 4.78 is 10.5. The number of methoxy groups -OCH3 is 2. The first-order chi connectivity index (χ1) is 23.8. The Kier molecular flexibility index (Phi) is 9.33. The molecule has 254 valence electrons. The number of hydrogen-bond donors (Lipinski definition) is 3. The van der Waals surface area contributed by atoms with Crippen LogP contribution in [-0.2, 0) is 14.3 Å². The van der Waals surface area contributed by atoms with Crippen LogP contribution in [0.25, 0.3) is 38.7 Å². The van der Waals surface area contributed by atoms with Crippen LogP contribution in [-0.4, -0.2) is 78.1 Å². The van der Waals surface area contributed by atoms with Gasteiger partial charge < -0.3 is 30.0 Å². The van der Waals surface area contributed by atoms with Crippen LogP contribution in [0.5, 0.6) is 0 Å². The van der Waals surface area contributed by atoms with Crippen LogP contribution >= 0.6 is 0 Å². The van der Waals surface area contributed by atoms with Crippen molar-refractivity contribution in [3.05, 3.63) is 84.4 Å². The van der Waals surface area contributed by atoms with Gasteiger partial charge in [0.1, 0.15) is 11.9 Å². The predicted octanol–water partition coefficient (Wildman–Crippen LogP) is 6.50. The first kappa shape index (κ1) is 32.7. The highest BCUT2D eigenvalue weighted by molar-refractivity contribution is 6.04. The third kappa shape index (κ3) is 6.75. The second kappa shape index (κ2) is 14.0. The minimum absolute atomic E-state index is 0.100. The molecule has 2 amide bonds. The van der Waals surface area contributed by atoms with Crippen molar-refractivity contribution in [2.45, 2.75) is 63.8 Å². The van der Waals surface area contributed by atoms with E-state index in [1.165, 1.54) is 24.3 Å². The number of fused-ring (bicyclic) bond motifs is 1. The molecule has 0 radical (unpaired) electrons. The lowest BCUT2D eigenvalue weighted by Gasteiger charge is -2.30. The average Bonchev–Trinajstić information content (AvgIpc) is 3.96. The molecule has 49 heavy (non-hydrogen) atoms. The first-order valence-corrected chi connectivity index (χ1v) is 17.2. The Hall–Kier alpha value is -4.80. The van der Waals surface area contributed by atoms with Gasteiger partial charge in [-0.3, -0.25) is 9.79 Å². The van der Waals surface area contributed by atoms with E-state index >= 15 is 0 Å². The number of nitrogens with one attached hydrogen (secondary N) is 3. The smallest absolute Gasteiger partial charge is 0.407 e. The summed E-state index contributed by atoms with van der Waals surface area (Å²) in [5.41, 5.74) is 7.62. The number of likely N-dealkylation sites (tertiary alicyclic amines) is 1. The summed E-state index contributed by atoms with van der Waals surface area (Å²) in [6, 6.07) is 21.2. The monoisotopic (exact) mass is 660 g/mol. The van der Waals surface area contributed by atoms with Crippen molar-refractivity contribution in [1.29, 1.82) is 0 Å². The number of alkyl carbamates (subject to hydrolysis) is 1. The van der Waals surface area contributed by atoms with E-state index in [0.29, 0.717) is 25.4 Å². The van der Waals surface area contributed by atoms with Gasteiger partial charge in [-0.15, -0.1) is 0 Å². The minimum Gasteiger partial charge on any atom is -0.453 e. The Morgan fingerprint density at radius 3 is 2.37 bits per heavy atom. The first-order valence-electron chi connectivity index (χ1n) is 17.2. The van der Waals surface area contributed by atoms with Crippen LogP contribution in [0.15, 0.2) is 78.1 Å². The lowest BCUT2D eigenvalue weighted by atomic mass is 9.95. The van der Waals surface area contributed by atoms with Crippen LogP contribution in [0.1, 0.15) is 57.0 Å². The number of aromatic nitrogens is 2. The molecule has 3 aliphatic rings. The molecule has 4 heterocycles. The van der Waals surface area contributed by atoms with Crippen molar-refractivity contribution in [2.24, 2.45) is 10.9 Å². The van der Waals surface area contributed by atoms with Gasteiger partial charge >= 0.3 is 6.09 Å². The quantitative estimate of drug-likeness (QED) is 0.188. The van der Waals surface area contributed by atoms with Gasteiger partial charge in [0.15, 0.2) is 0 Å². The number of ether oxygens (including phenoxy) is 2.